The van der Waals surface area contributed by atoms with Gasteiger partial charge in [0, 0.05) is 18.2 Å². The molecule has 106 valence electrons. The standard InChI is InChI=1S/C14H21NO4/c1-4-19-13-9-11(6-7-12(13)18-3)15-14(17)8-5-10(2)16/h6-7,9-10,16H,4-5,8H2,1-3H3,(H,15,17). The lowest BCUT2D eigenvalue weighted by Gasteiger charge is -2.12. The lowest BCUT2D eigenvalue weighted by Crippen LogP contribution is -2.14. The molecule has 2 N–H and O–H groups in total. The molecule has 0 radical (unpaired) electrons. The summed E-state index contributed by atoms with van der Waals surface area (Å²) in [4.78, 5) is 11.6. The van der Waals surface area contributed by atoms with Crippen LogP contribution in [0.25, 0.3) is 0 Å². The van der Waals surface area contributed by atoms with Crippen molar-refractivity contribution < 1.29 is 19.4 Å². The number of carbonyl (C=O) groups is 1. The molecule has 1 aromatic rings. The van der Waals surface area contributed by atoms with E-state index in [1.807, 2.05) is 6.92 Å². The molecule has 1 unspecified atom stereocenters. The van der Waals surface area contributed by atoms with Crippen molar-refractivity contribution in [2.24, 2.45) is 0 Å². The fraction of sp³-hybridized carbons (Fsp3) is 0.500. The second-order valence-corrected chi connectivity index (χ2v) is 4.23. The molecule has 0 aliphatic heterocycles. The first-order valence-electron chi connectivity index (χ1n) is 6.35. The summed E-state index contributed by atoms with van der Waals surface area (Å²) in [5, 5.41) is 11.9. The number of ether oxygens (including phenoxy) is 2. The van der Waals surface area contributed by atoms with E-state index in [4.69, 9.17) is 14.6 Å². The van der Waals surface area contributed by atoms with E-state index in [1.165, 1.54) is 0 Å². The van der Waals surface area contributed by atoms with Crippen LogP contribution in [0, 0.1) is 0 Å². The predicted octanol–water partition coefficient (Wildman–Crippen LogP) is 2.19. The predicted molar refractivity (Wildman–Crippen MR) is 73.7 cm³/mol. The lowest BCUT2D eigenvalue weighted by molar-refractivity contribution is -0.116. The highest BCUT2D eigenvalue weighted by atomic mass is 16.5. The molecule has 0 bridgehead atoms. The van der Waals surface area contributed by atoms with E-state index in [2.05, 4.69) is 5.32 Å². The molecular formula is C14H21NO4. The summed E-state index contributed by atoms with van der Waals surface area (Å²) in [5.41, 5.74) is 0.653. The van der Waals surface area contributed by atoms with Gasteiger partial charge in [-0.25, -0.2) is 0 Å². The lowest BCUT2D eigenvalue weighted by atomic mass is 10.2. The summed E-state index contributed by atoms with van der Waals surface area (Å²) in [6, 6.07) is 5.22. The second kappa shape index (κ2) is 7.63. The molecule has 0 fully saturated rings. The molecule has 0 saturated carbocycles. The normalized spacial score (nSPS) is 11.8. The van der Waals surface area contributed by atoms with Gasteiger partial charge < -0.3 is 19.9 Å². The molecule has 1 rings (SSSR count). The van der Waals surface area contributed by atoms with Gasteiger partial charge in [0.25, 0.3) is 0 Å². The summed E-state index contributed by atoms with van der Waals surface area (Å²) in [5.74, 6) is 1.09. The van der Waals surface area contributed by atoms with Crippen LogP contribution in [-0.4, -0.2) is 30.8 Å². The number of aliphatic hydroxyl groups is 1. The maximum atomic E-state index is 11.6. The number of anilines is 1. The van der Waals surface area contributed by atoms with Crippen LogP contribution >= 0.6 is 0 Å². The van der Waals surface area contributed by atoms with E-state index in [9.17, 15) is 4.79 Å². The quantitative estimate of drug-likeness (QED) is 0.794. The zero-order valence-electron chi connectivity index (χ0n) is 11.6. The highest BCUT2D eigenvalue weighted by molar-refractivity contribution is 5.91. The number of nitrogens with one attached hydrogen (secondary N) is 1. The van der Waals surface area contributed by atoms with Gasteiger partial charge in [0.1, 0.15) is 0 Å². The van der Waals surface area contributed by atoms with Crippen molar-refractivity contribution in [3.8, 4) is 11.5 Å². The Hall–Kier alpha value is -1.75. The van der Waals surface area contributed by atoms with Gasteiger partial charge in [-0.2, -0.15) is 0 Å². The molecule has 1 aromatic carbocycles. The first kappa shape index (κ1) is 15.3. The fourth-order valence-corrected chi connectivity index (χ4v) is 1.59. The number of carbonyl (C=O) groups excluding carboxylic acids is 1. The SMILES string of the molecule is CCOc1cc(NC(=O)CCC(C)O)ccc1OC. The number of aliphatic hydroxyl groups excluding tert-OH is 1. The highest BCUT2D eigenvalue weighted by Gasteiger charge is 2.08. The highest BCUT2D eigenvalue weighted by Crippen LogP contribution is 2.30. The van der Waals surface area contributed by atoms with Crippen LogP contribution in [-0.2, 0) is 4.79 Å². The molecule has 0 saturated heterocycles. The van der Waals surface area contributed by atoms with Gasteiger partial charge >= 0.3 is 0 Å². The monoisotopic (exact) mass is 267 g/mol. The molecule has 0 aromatic heterocycles. The summed E-state index contributed by atoms with van der Waals surface area (Å²) >= 11 is 0. The third-order valence-corrected chi connectivity index (χ3v) is 2.54. The maximum Gasteiger partial charge on any atom is 0.224 e. The van der Waals surface area contributed by atoms with E-state index < -0.39 is 6.10 Å². The van der Waals surface area contributed by atoms with E-state index in [1.54, 1.807) is 32.2 Å². The van der Waals surface area contributed by atoms with Crippen LogP contribution in [0.4, 0.5) is 5.69 Å². The Labute approximate surface area is 113 Å². The summed E-state index contributed by atoms with van der Waals surface area (Å²) < 4.78 is 10.6. The van der Waals surface area contributed by atoms with Gasteiger partial charge in [0.2, 0.25) is 5.91 Å². The van der Waals surface area contributed by atoms with Crippen LogP contribution in [0.3, 0.4) is 0 Å². The average molecular weight is 267 g/mol. The number of amides is 1. The smallest absolute Gasteiger partial charge is 0.224 e. The second-order valence-electron chi connectivity index (χ2n) is 4.23. The number of hydrogen-bond acceptors (Lipinski definition) is 4. The third kappa shape index (κ3) is 5.18. The molecule has 0 spiro atoms. The maximum absolute atomic E-state index is 11.6. The van der Waals surface area contributed by atoms with E-state index in [0.717, 1.165) is 0 Å². The number of hydrogen-bond donors (Lipinski definition) is 2. The summed E-state index contributed by atoms with van der Waals surface area (Å²) in [6.07, 6.45) is 0.258. The Kier molecular flexibility index (Phi) is 6.15. The first-order chi connectivity index (χ1) is 9.06. The minimum atomic E-state index is -0.472. The third-order valence-electron chi connectivity index (χ3n) is 2.54. The van der Waals surface area contributed by atoms with Crippen molar-refractivity contribution >= 4 is 11.6 Å². The van der Waals surface area contributed by atoms with Gasteiger partial charge in [-0.05, 0) is 32.4 Å². The Morgan fingerprint density at radius 3 is 2.74 bits per heavy atom. The van der Waals surface area contributed by atoms with Crippen molar-refractivity contribution in [1.82, 2.24) is 0 Å². The fourth-order valence-electron chi connectivity index (χ4n) is 1.59. The largest absolute Gasteiger partial charge is 0.493 e. The molecule has 1 atom stereocenters. The Morgan fingerprint density at radius 2 is 2.16 bits per heavy atom. The van der Waals surface area contributed by atoms with Gasteiger partial charge in [-0.1, -0.05) is 0 Å². The Bertz CT molecular complexity index is 418. The molecule has 0 heterocycles. The van der Waals surface area contributed by atoms with Crippen LogP contribution in [0.2, 0.25) is 0 Å². The van der Waals surface area contributed by atoms with Gasteiger partial charge in [0.15, 0.2) is 11.5 Å². The zero-order chi connectivity index (χ0) is 14.3. The Balaban J connectivity index is 2.68. The van der Waals surface area contributed by atoms with Gasteiger partial charge in [-0.15, -0.1) is 0 Å². The molecule has 5 nitrogen and oxygen atoms in total. The summed E-state index contributed by atoms with van der Waals surface area (Å²) in [6.45, 7) is 4.07. The molecule has 0 aliphatic carbocycles. The number of benzene rings is 1. The number of rotatable bonds is 7. The van der Waals surface area contributed by atoms with Crippen molar-refractivity contribution in [2.75, 3.05) is 19.0 Å². The van der Waals surface area contributed by atoms with Crippen molar-refractivity contribution in [3.05, 3.63) is 18.2 Å². The molecule has 19 heavy (non-hydrogen) atoms. The van der Waals surface area contributed by atoms with Gasteiger partial charge in [-0.3, -0.25) is 4.79 Å². The van der Waals surface area contributed by atoms with Crippen LogP contribution in [0.5, 0.6) is 11.5 Å². The van der Waals surface area contributed by atoms with E-state index in [-0.39, 0.29) is 12.3 Å². The number of methoxy groups -OCH3 is 1. The van der Waals surface area contributed by atoms with E-state index >= 15 is 0 Å². The van der Waals surface area contributed by atoms with Crippen molar-refractivity contribution in [3.63, 3.8) is 0 Å². The van der Waals surface area contributed by atoms with E-state index in [0.29, 0.717) is 30.2 Å². The molecule has 0 aliphatic rings. The minimum absolute atomic E-state index is 0.131. The Morgan fingerprint density at radius 1 is 1.42 bits per heavy atom. The first-order valence-corrected chi connectivity index (χ1v) is 6.35. The molecule has 5 heteroatoms. The summed E-state index contributed by atoms with van der Waals surface area (Å²) in [7, 11) is 1.57. The topological polar surface area (TPSA) is 67.8 Å². The van der Waals surface area contributed by atoms with Gasteiger partial charge in [0.05, 0.1) is 19.8 Å². The van der Waals surface area contributed by atoms with Crippen LogP contribution in [0.15, 0.2) is 18.2 Å². The van der Waals surface area contributed by atoms with Crippen molar-refractivity contribution in [1.29, 1.82) is 0 Å². The molecule has 1 amide bonds. The van der Waals surface area contributed by atoms with Crippen molar-refractivity contribution in [2.45, 2.75) is 32.8 Å². The van der Waals surface area contributed by atoms with Crippen LogP contribution in [0.1, 0.15) is 26.7 Å². The minimum Gasteiger partial charge on any atom is -0.493 e. The van der Waals surface area contributed by atoms with Crippen LogP contribution < -0.4 is 14.8 Å². The molecular weight excluding hydrogens is 246 g/mol. The zero-order valence-corrected chi connectivity index (χ0v) is 11.6. The average Bonchev–Trinajstić information content (AvgIpc) is 2.37.